The number of para-hydroxylation sites is 2. The lowest BCUT2D eigenvalue weighted by molar-refractivity contribution is -0.120. The fourth-order valence-electron chi connectivity index (χ4n) is 3.80. The molecule has 0 aliphatic heterocycles. The number of aromatic nitrogens is 2. The number of fused-ring (bicyclic) bond motifs is 1. The van der Waals surface area contributed by atoms with Crippen LogP contribution in [0.3, 0.4) is 0 Å². The second kappa shape index (κ2) is 9.82. The van der Waals surface area contributed by atoms with Gasteiger partial charge in [0.1, 0.15) is 11.5 Å². The number of nitrogens with one attached hydrogen (secondary N) is 3. The van der Waals surface area contributed by atoms with Crippen molar-refractivity contribution in [3.8, 4) is 11.5 Å². The predicted molar refractivity (Wildman–Crippen MR) is 146 cm³/mol. The van der Waals surface area contributed by atoms with Crippen LogP contribution < -0.4 is 24.8 Å². The molecule has 0 spiro atoms. The summed E-state index contributed by atoms with van der Waals surface area (Å²) in [6.07, 6.45) is 1.63. The maximum atomic E-state index is 13.4. The van der Waals surface area contributed by atoms with Gasteiger partial charge in [-0.1, -0.05) is 25.1 Å². The molecule has 1 aromatic heterocycles. The molecular weight excluding hydrogens is 506 g/mol. The molecule has 1 fully saturated rings. The lowest BCUT2D eigenvalue weighted by atomic mass is 10.1. The first-order valence-electron chi connectivity index (χ1n) is 11.9. The molecular formula is C27H27N5O5S. The van der Waals surface area contributed by atoms with Crippen LogP contribution in [0.15, 0.2) is 71.6 Å². The number of carbonyl (C=O) groups excluding carboxylic acids is 1. The maximum absolute atomic E-state index is 13.4. The highest BCUT2D eigenvalue weighted by Gasteiger charge is 2.44. The van der Waals surface area contributed by atoms with Gasteiger partial charge in [-0.25, -0.2) is 18.4 Å². The minimum Gasteiger partial charge on any atom is -0.497 e. The molecule has 1 heterocycles. The second-order valence-electron chi connectivity index (χ2n) is 9.28. The van der Waals surface area contributed by atoms with Gasteiger partial charge >= 0.3 is 0 Å². The Balaban J connectivity index is 1.49. The zero-order valence-electron chi connectivity index (χ0n) is 21.1. The average Bonchev–Trinajstić information content (AvgIpc) is 3.67. The molecule has 0 atom stereocenters. The predicted octanol–water partition coefficient (Wildman–Crippen LogP) is 4.93. The third kappa shape index (κ3) is 5.32. The van der Waals surface area contributed by atoms with Crippen LogP contribution in [0, 0.1) is 5.41 Å². The minimum atomic E-state index is -4.09. The summed E-state index contributed by atoms with van der Waals surface area (Å²) in [7, 11) is -1.02. The summed E-state index contributed by atoms with van der Waals surface area (Å²) in [5.74, 6) is 1.16. The van der Waals surface area contributed by atoms with Crippen molar-refractivity contribution < 1.29 is 22.7 Å². The fraction of sp³-hybridized carbons (Fsp3) is 0.222. The van der Waals surface area contributed by atoms with E-state index in [0.29, 0.717) is 33.9 Å². The van der Waals surface area contributed by atoms with Gasteiger partial charge in [-0.2, -0.15) is 0 Å². The number of benzene rings is 3. The normalized spacial score (nSPS) is 14.0. The number of hydrogen-bond acceptors (Lipinski definition) is 8. The highest BCUT2D eigenvalue weighted by molar-refractivity contribution is 7.92. The zero-order chi connectivity index (χ0) is 26.9. The van der Waals surface area contributed by atoms with Crippen LogP contribution in [-0.4, -0.2) is 38.5 Å². The van der Waals surface area contributed by atoms with Crippen LogP contribution in [-0.2, 0) is 14.8 Å². The van der Waals surface area contributed by atoms with E-state index >= 15 is 0 Å². The Morgan fingerprint density at radius 1 is 0.842 bits per heavy atom. The first kappa shape index (κ1) is 25.3. The number of rotatable bonds is 9. The molecule has 3 N–H and O–H groups in total. The summed E-state index contributed by atoms with van der Waals surface area (Å²) in [5.41, 5.74) is 1.66. The Morgan fingerprint density at radius 3 is 2.08 bits per heavy atom. The van der Waals surface area contributed by atoms with E-state index in [1.807, 2.05) is 13.0 Å². The van der Waals surface area contributed by atoms with Crippen LogP contribution in [0.2, 0.25) is 0 Å². The highest BCUT2D eigenvalue weighted by atomic mass is 32.2. The molecule has 38 heavy (non-hydrogen) atoms. The van der Waals surface area contributed by atoms with E-state index in [1.165, 1.54) is 26.4 Å². The van der Waals surface area contributed by atoms with E-state index in [-0.39, 0.29) is 22.4 Å². The quantitative estimate of drug-likeness (QED) is 0.276. The smallest absolute Gasteiger partial charge is 0.263 e. The molecule has 0 saturated heterocycles. The van der Waals surface area contributed by atoms with Crippen LogP contribution >= 0.6 is 0 Å². The van der Waals surface area contributed by atoms with Crippen molar-refractivity contribution in [1.82, 2.24) is 9.97 Å². The van der Waals surface area contributed by atoms with E-state index in [2.05, 4.69) is 25.3 Å². The number of carbonyl (C=O) groups is 1. The number of hydrogen-bond donors (Lipinski definition) is 3. The van der Waals surface area contributed by atoms with Crippen molar-refractivity contribution >= 4 is 50.0 Å². The van der Waals surface area contributed by atoms with Crippen molar-refractivity contribution in [2.75, 3.05) is 29.6 Å². The molecule has 11 heteroatoms. The molecule has 196 valence electrons. The molecule has 1 aliphatic carbocycles. The topological polar surface area (TPSA) is 132 Å². The number of ether oxygens (including phenoxy) is 2. The monoisotopic (exact) mass is 533 g/mol. The van der Waals surface area contributed by atoms with Crippen molar-refractivity contribution in [3.63, 3.8) is 0 Å². The van der Waals surface area contributed by atoms with E-state index in [4.69, 9.17) is 9.47 Å². The van der Waals surface area contributed by atoms with Crippen LogP contribution in [0.4, 0.5) is 23.0 Å². The number of amides is 1. The summed E-state index contributed by atoms with van der Waals surface area (Å²) in [6, 6.07) is 18.4. The third-order valence-electron chi connectivity index (χ3n) is 6.37. The van der Waals surface area contributed by atoms with Gasteiger partial charge in [0.2, 0.25) is 5.91 Å². The number of anilines is 4. The van der Waals surface area contributed by atoms with Crippen molar-refractivity contribution in [3.05, 3.63) is 66.7 Å². The van der Waals surface area contributed by atoms with E-state index in [1.54, 1.807) is 48.5 Å². The van der Waals surface area contributed by atoms with Gasteiger partial charge in [0, 0.05) is 35.0 Å². The molecule has 1 amide bonds. The molecule has 3 aromatic carbocycles. The van der Waals surface area contributed by atoms with Crippen LogP contribution in [0.25, 0.3) is 11.0 Å². The van der Waals surface area contributed by atoms with Gasteiger partial charge in [0.15, 0.2) is 11.6 Å². The number of sulfonamides is 1. The van der Waals surface area contributed by atoms with Gasteiger partial charge in [-0.05, 0) is 43.2 Å². The van der Waals surface area contributed by atoms with Gasteiger partial charge in [-0.3, -0.25) is 9.52 Å². The summed E-state index contributed by atoms with van der Waals surface area (Å²) >= 11 is 0. The Bertz CT molecular complexity index is 1610. The van der Waals surface area contributed by atoms with E-state index < -0.39 is 15.4 Å². The lowest BCUT2D eigenvalue weighted by Gasteiger charge is -2.16. The van der Waals surface area contributed by atoms with Crippen molar-refractivity contribution in [1.29, 1.82) is 0 Å². The Labute approximate surface area is 220 Å². The summed E-state index contributed by atoms with van der Waals surface area (Å²) in [4.78, 5) is 21.6. The first-order chi connectivity index (χ1) is 18.2. The maximum Gasteiger partial charge on any atom is 0.263 e. The van der Waals surface area contributed by atoms with E-state index in [0.717, 1.165) is 12.8 Å². The molecule has 0 bridgehead atoms. The number of nitrogens with zero attached hydrogens (tertiary/aromatic N) is 2. The summed E-state index contributed by atoms with van der Waals surface area (Å²) in [5, 5.41) is 5.95. The highest BCUT2D eigenvalue weighted by Crippen LogP contribution is 2.45. The molecule has 0 unspecified atom stereocenters. The van der Waals surface area contributed by atoms with Gasteiger partial charge < -0.3 is 20.1 Å². The fourth-order valence-corrected chi connectivity index (χ4v) is 4.85. The van der Waals surface area contributed by atoms with Crippen LogP contribution in [0.1, 0.15) is 19.8 Å². The van der Waals surface area contributed by atoms with Crippen molar-refractivity contribution in [2.45, 2.75) is 24.7 Å². The molecule has 1 aliphatic rings. The average molecular weight is 534 g/mol. The third-order valence-corrected chi connectivity index (χ3v) is 7.70. The lowest BCUT2D eigenvalue weighted by Crippen LogP contribution is -2.21. The molecule has 0 radical (unpaired) electrons. The van der Waals surface area contributed by atoms with Crippen LogP contribution in [0.5, 0.6) is 11.5 Å². The molecule has 10 nitrogen and oxygen atoms in total. The van der Waals surface area contributed by atoms with E-state index in [9.17, 15) is 13.2 Å². The standard InChI is InChI=1S/C27H27N5O5S/c1-27(11-12-27)26(33)29-17-7-6-8-21(15-17)38(34,35)32-25-24(30-22-9-4-5-10-23(22)31-25)28-18-13-19(36-2)16-20(14-18)37-3/h4-10,13-16H,11-12H2,1-3H3,(H,28,30)(H,29,33)(H,31,32). The minimum absolute atomic E-state index is 0.00502. The Hall–Kier alpha value is -4.38. The molecule has 1 saturated carbocycles. The Kier molecular flexibility index (Phi) is 6.53. The van der Waals surface area contributed by atoms with Crippen molar-refractivity contribution in [2.24, 2.45) is 5.41 Å². The number of methoxy groups -OCH3 is 2. The second-order valence-corrected chi connectivity index (χ2v) is 11.0. The first-order valence-corrected chi connectivity index (χ1v) is 13.4. The Morgan fingerprint density at radius 2 is 1.47 bits per heavy atom. The summed E-state index contributed by atoms with van der Waals surface area (Å²) in [6.45, 7) is 1.88. The van der Waals surface area contributed by atoms with Gasteiger partial charge in [0.05, 0.1) is 30.1 Å². The summed E-state index contributed by atoms with van der Waals surface area (Å²) < 4.78 is 40.1. The molecule has 4 aromatic rings. The largest absolute Gasteiger partial charge is 0.497 e. The SMILES string of the molecule is COc1cc(Nc2nc3ccccc3nc2NS(=O)(=O)c2cccc(NC(=O)C3(C)CC3)c2)cc(OC)c1. The van der Waals surface area contributed by atoms with Gasteiger partial charge in [0.25, 0.3) is 10.0 Å². The molecule has 5 rings (SSSR count). The van der Waals surface area contributed by atoms with Gasteiger partial charge in [-0.15, -0.1) is 0 Å². The zero-order valence-corrected chi connectivity index (χ0v) is 21.9.